The molecule has 1 aliphatic rings. The van der Waals surface area contributed by atoms with E-state index >= 15 is 0 Å². The van der Waals surface area contributed by atoms with Crippen molar-refractivity contribution in [2.75, 3.05) is 13.2 Å². The van der Waals surface area contributed by atoms with Gasteiger partial charge in [-0.1, -0.05) is 23.7 Å². The van der Waals surface area contributed by atoms with Crippen molar-refractivity contribution >= 4 is 29.8 Å². The van der Waals surface area contributed by atoms with Gasteiger partial charge in [-0.3, -0.25) is 9.69 Å². The lowest BCUT2D eigenvalue weighted by Crippen LogP contribution is -2.48. The molecule has 1 heterocycles. The Morgan fingerprint density at radius 1 is 1.34 bits per heavy atom. The van der Waals surface area contributed by atoms with E-state index in [1.165, 1.54) is 12.1 Å². The molecular formula is C20H24ClF2NO5. The van der Waals surface area contributed by atoms with Crippen molar-refractivity contribution in [3.05, 3.63) is 34.6 Å². The van der Waals surface area contributed by atoms with Crippen LogP contribution < -0.4 is 0 Å². The Balaban J connectivity index is 2.20. The van der Waals surface area contributed by atoms with Crippen molar-refractivity contribution in [3.8, 4) is 0 Å². The molecule has 0 radical (unpaired) electrons. The number of Topliss-reactive ketones (excluding diaryl/α,β-unsaturated/α-hetero) is 1. The van der Waals surface area contributed by atoms with Crippen LogP contribution in [0.5, 0.6) is 0 Å². The summed E-state index contributed by atoms with van der Waals surface area (Å²) in [4.78, 5) is 37.0. The van der Waals surface area contributed by atoms with Gasteiger partial charge in [0.05, 0.1) is 11.6 Å². The van der Waals surface area contributed by atoms with E-state index in [0.717, 1.165) is 4.90 Å². The Labute approximate surface area is 173 Å². The van der Waals surface area contributed by atoms with Crippen LogP contribution in [0.2, 0.25) is 5.02 Å². The van der Waals surface area contributed by atoms with Crippen LogP contribution in [0, 0.1) is 5.82 Å². The van der Waals surface area contributed by atoms with Crippen LogP contribution in [0.4, 0.5) is 13.6 Å². The average molecular weight is 432 g/mol. The van der Waals surface area contributed by atoms with Gasteiger partial charge in [-0.2, -0.15) is 0 Å². The first-order valence-electron chi connectivity index (χ1n) is 9.19. The molecule has 0 saturated carbocycles. The summed E-state index contributed by atoms with van der Waals surface area (Å²) in [6.07, 6.45) is -3.55. The number of ketones is 1. The second kappa shape index (κ2) is 9.63. The summed E-state index contributed by atoms with van der Waals surface area (Å²) in [6, 6.07) is 3.16. The first kappa shape index (κ1) is 23.2. The van der Waals surface area contributed by atoms with E-state index in [4.69, 9.17) is 21.1 Å². The molecule has 6 nitrogen and oxygen atoms in total. The zero-order chi connectivity index (χ0) is 21.8. The van der Waals surface area contributed by atoms with E-state index < -0.39 is 54.8 Å². The SMILES string of the molecule is CC(C)(C)OC(=O)N1C[C@H](F)[C@@H](OCC=O)[C@H]1C(=O)CCc1cccc(Cl)c1F. The van der Waals surface area contributed by atoms with Gasteiger partial charge >= 0.3 is 6.09 Å². The zero-order valence-electron chi connectivity index (χ0n) is 16.5. The maximum absolute atomic E-state index is 14.5. The quantitative estimate of drug-likeness (QED) is 0.617. The lowest BCUT2D eigenvalue weighted by Gasteiger charge is -2.29. The standard InChI is InChI=1S/C20H24ClF2NO5/c1-20(2,3)29-19(27)24-11-14(22)18(28-10-9-25)17(24)15(26)8-7-12-5-4-6-13(21)16(12)23/h4-6,9,14,17-18H,7-8,10-11H2,1-3H3/t14-,17+,18+/m0/s1. The van der Waals surface area contributed by atoms with E-state index in [1.54, 1.807) is 26.8 Å². The smallest absolute Gasteiger partial charge is 0.411 e. The van der Waals surface area contributed by atoms with Gasteiger partial charge in [0.25, 0.3) is 0 Å². The van der Waals surface area contributed by atoms with Crippen LogP contribution in [0.1, 0.15) is 32.8 Å². The van der Waals surface area contributed by atoms with Gasteiger partial charge in [0.2, 0.25) is 0 Å². The molecule has 0 aliphatic carbocycles. The molecule has 1 saturated heterocycles. The highest BCUT2D eigenvalue weighted by atomic mass is 35.5. The Hall–Kier alpha value is -2.06. The highest BCUT2D eigenvalue weighted by Crippen LogP contribution is 2.28. The third-order valence-corrected chi connectivity index (χ3v) is 4.65. The largest absolute Gasteiger partial charge is 0.444 e. The van der Waals surface area contributed by atoms with E-state index in [0.29, 0.717) is 6.29 Å². The molecule has 1 amide bonds. The molecule has 0 unspecified atom stereocenters. The number of ether oxygens (including phenoxy) is 2. The van der Waals surface area contributed by atoms with Gasteiger partial charge in [0, 0.05) is 6.42 Å². The van der Waals surface area contributed by atoms with Gasteiger partial charge in [-0.15, -0.1) is 0 Å². The molecule has 1 aromatic carbocycles. The Morgan fingerprint density at radius 2 is 2.03 bits per heavy atom. The zero-order valence-corrected chi connectivity index (χ0v) is 17.2. The number of nitrogens with zero attached hydrogens (tertiary/aromatic N) is 1. The third kappa shape index (κ3) is 5.96. The van der Waals surface area contributed by atoms with Gasteiger partial charge in [0.15, 0.2) is 5.78 Å². The molecule has 1 aromatic rings. The molecule has 0 spiro atoms. The minimum Gasteiger partial charge on any atom is -0.444 e. The molecule has 0 bridgehead atoms. The molecule has 1 fully saturated rings. The molecule has 9 heteroatoms. The molecule has 3 atom stereocenters. The van der Waals surface area contributed by atoms with Gasteiger partial charge in [-0.25, -0.2) is 13.6 Å². The number of aldehydes is 1. The Kier molecular flexibility index (Phi) is 7.71. The summed E-state index contributed by atoms with van der Waals surface area (Å²) in [7, 11) is 0. The maximum Gasteiger partial charge on any atom is 0.411 e. The van der Waals surface area contributed by atoms with E-state index in [-0.39, 0.29) is 23.4 Å². The minimum atomic E-state index is -1.67. The molecule has 0 N–H and O–H groups in total. The molecule has 29 heavy (non-hydrogen) atoms. The molecule has 1 aliphatic heterocycles. The Bertz CT molecular complexity index is 768. The van der Waals surface area contributed by atoms with Gasteiger partial charge < -0.3 is 14.3 Å². The van der Waals surface area contributed by atoms with Crippen LogP contribution in [-0.4, -0.2) is 60.1 Å². The van der Waals surface area contributed by atoms with Crippen LogP contribution in [-0.2, 0) is 25.5 Å². The maximum atomic E-state index is 14.5. The number of benzene rings is 1. The van der Waals surface area contributed by atoms with Crippen molar-refractivity contribution in [2.45, 2.75) is 57.5 Å². The number of likely N-dealkylation sites (tertiary alicyclic amines) is 1. The predicted octanol–water partition coefficient (Wildman–Crippen LogP) is 3.52. The molecular weight excluding hydrogens is 408 g/mol. The second-order valence-electron chi connectivity index (χ2n) is 7.74. The number of amides is 1. The highest BCUT2D eigenvalue weighted by molar-refractivity contribution is 6.30. The highest BCUT2D eigenvalue weighted by Gasteiger charge is 2.49. The average Bonchev–Trinajstić information content (AvgIpc) is 2.96. The molecule has 0 aromatic heterocycles. The van der Waals surface area contributed by atoms with Crippen molar-refractivity contribution in [2.24, 2.45) is 0 Å². The summed E-state index contributed by atoms with van der Waals surface area (Å²) >= 11 is 5.75. The fourth-order valence-electron chi connectivity index (χ4n) is 3.14. The van der Waals surface area contributed by atoms with Crippen LogP contribution in [0.3, 0.4) is 0 Å². The summed E-state index contributed by atoms with van der Waals surface area (Å²) in [5.41, 5.74) is -0.614. The second-order valence-corrected chi connectivity index (χ2v) is 8.14. The van der Waals surface area contributed by atoms with Crippen LogP contribution in [0.15, 0.2) is 18.2 Å². The molecule has 2 rings (SSSR count). The monoisotopic (exact) mass is 431 g/mol. The van der Waals surface area contributed by atoms with Crippen LogP contribution >= 0.6 is 11.6 Å². The summed E-state index contributed by atoms with van der Waals surface area (Å²) in [5.74, 6) is -1.15. The van der Waals surface area contributed by atoms with Crippen molar-refractivity contribution in [1.29, 1.82) is 0 Å². The summed E-state index contributed by atoms with van der Waals surface area (Å²) < 4.78 is 39.1. The van der Waals surface area contributed by atoms with Gasteiger partial charge in [-0.05, 0) is 38.8 Å². The Morgan fingerprint density at radius 3 is 2.66 bits per heavy atom. The fraction of sp³-hybridized carbons (Fsp3) is 0.550. The molecule has 160 valence electrons. The topological polar surface area (TPSA) is 72.9 Å². The lowest BCUT2D eigenvalue weighted by atomic mass is 9.99. The minimum absolute atomic E-state index is 0.0151. The normalized spacial score (nSPS) is 21.9. The number of aryl methyl sites for hydroxylation is 1. The van der Waals surface area contributed by atoms with E-state index in [9.17, 15) is 23.2 Å². The van der Waals surface area contributed by atoms with E-state index in [2.05, 4.69) is 0 Å². The number of carbonyl (C=O) groups excluding carboxylic acids is 3. The number of carbonyl (C=O) groups is 3. The van der Waals surface area contributed by atoms with Crippen molar-refractivity contribution in [1.82, 2.24) is 4.90 Å². The first-order chi connectivity index (χ1) is 13.5. The van der Waals surface area contributed by atoms with Crippen LogP contribution in [0.25, 0.3) is 0 Å². The fourth-order valence-corrected chi connectivity index (χ4v) is 3.33. The van der Waals surface area contributed by atoms with E-state index in [1.807, 2.05) is 0 Å². The number of alkyl halides is 1. The number of hydrogen-bond donors (Lipinski definition) is 0. The summed E-state index contributed by atoms with van der Waals surface area (Å²) in [5, 5.41) is -0.0674. The number of rotatable bonds is 7. The number of hydrogen-bond acceptors (Lipinski definition) is 5. The van der Waals surface area contributed by atoms with Crippen molar-refractivity contribution < 1.29 is 32.6 Å². The lowest BCUT2D eigenvalue weighted by molar-refractivity contribution is -0.130. The number of halogens is 3. The first-order valence-corrected chi connectivity index (χ1v) is 9.57. The third-order valence-electron chi connectivity index (χ3n) is 4.36. The van der Waals surface area contributed by atoms with Crippen molar-refractivity contribution in [3.63, 3.8) is 0 Å². The summed E-state index contributed by atoms with van der Waals surface area (Å²) in [6.45, 7) is 4.12. The predicted molar refractivity (Wildman–Crippen MR) is 102 cm³/mol. The van der Waals surface area contributed by atoms with Gasteiger partial charge in [0.1, 0.15) is 42.6 Å².